The first-order valence-electron chi connectivity index (χ1n) is 4.18. The average molecular weight is 208 g/mol. The smallest absolute Gasteiger partial charge is 0.229 e. The lowest BCUT2D eigenvalue weighted by Crippen LogP contribution is -2.29. The summed E-state index contributed by atoms with van der Waals surface area (Å²) in [6.45, 7) is 6.09. The Kier molecular flexibility index (Phi) is 4.00. The van der Waals surface area contributed by atoms with Gasteiger partial charge in [-0.3, -0.25) is 0 Å². The molecule has 4 nitrogen and oxygen atoms in total. The molecule has 1 aromatic heterocycles. The van der Waals surface area contributed by atoms with Crippen molar-refractivity contribution in [3.05, 3.63) is 30.6 Å². The first-order valence-corrected chi connectivity index (χ1v) is 4.58. The van der Waals surface area contributed by atoms with Crippen LogP contribution in [-0.2, 0) is 0 Å². The molecule has 0 aliphatic rings. The van der Waals surface area contributed by atoms with E-state index in [1.54, 1.807) is 12.3 Å². The molecule has 1 aromatic rings. The second kappa shape index (κ2) is 5.29. The van der Waals surface area contributed by atoms with Crippen molar-refractivity contribution in [3.8, 4) is 0 Å². The van der Waals surface area contributed by atoms with Crippen LogP contribution in [0.15, 0.2) is 24.9 Å². The minimum atomic E-state index is 0.496. The molecule has 0 saturated carbocycles. The molecular weight excluding hydrogens is 196 g/mol. The minimum absolute atomic E-state index is 0.496. The largest absolute Gasteiger partial charge is 0.359 e. The number of nitrogens with one attached hydrogen (secondary N) is 2. The van der Waals surface area contributed by atoms with Gasteiger partial charge in [0.2, 0.25) is 5.95 Å². The van der Waals surface area contributed by atoms with Crippen molar-refractivity contribution in [1.82, 2.24) is 15.3 Å². The first kappa shape index (κ1) is 10.6. The van der Waals surface area contributed by atoms with Crippen LogP contribution in [0.4, 0.5) is 5.95 Å². The predicted molar refractivity (Wildman–Crippen MR) is 61.2 cm³/mol. The molecule has 14 heavy (non-hydrogen) atoms. The van der Waals surface area contributed by atoms with Crippen molar-refractivity contribution in [3.63, 3.8) is 0 Å². The molecule has 0 atom stereocenters. The van der Waals surface area contributed by atoms with Crippen LogP contribution in [0.5, 0.6) is 0 Å². The van der Waals surface area contributed by atoms with Crippen LogP contribution in [-0.4, -0.2) is 21.6 Å². The fraction of sp³-hybridized carbons (Fsp3) is 0.222. The number of nitrogens with zero attached hydrogens (tertiary/aromatic N) is 2. The lowest BCUT2D eigenvalue weighted by molar-refractivity contribution is 1.04. The van der Waals surface area contributed by atoms with E-state index in [1.807, 2.05) is 13.0 Å². The number of hydrogen-bond acceptors (Lipinski definition) is 3. The molecule has 2 N–H and O–H groups in total. The summed E-state index contributed by atoms with van der Waals surface area (Å²) in [6.07, 6.45) is 3.41. The molecular formula is C9H12N4S. The van der Waals surface area contributed by atoms with E-state index in [1.165, 1.54) is 0 Å². The summed E-state index contributed by atoms with van der Waals surface area (Å²) in [7, 11) is 0. The molecule has 0 aliphatic carbocycles. The molecule has 0 aliphatic heterocycles. The van der Waals surface area contributed by atoms with Crippen molar-refractivity contribution in [1.29, 1.82) is 0 Å². The van der Waals surface area contributed by atoms with E-state index in [4.69, 9.17) is 12.2 Å². The number of aryl methyl sites for hydroxylation is 1. The second-order valence-corrected chi connectivity index (χ2v) is 3.05. The highest BCUT2D eigenvalue weighted by atomic mass is 32.1. The third-order valence-electron chi connectivity index (χ3n) is 1.43. The van der Waals surface area contributed by atoms with E-state index in [9.17, 15) is 0 Å². The SMILES string of the molecule is C=CCNC(=S)Nc1nccc(C)n1. The van der Waals surface area contributed by atoms with Crippen molar-refractivity contribution >= 4 is 23.3 Å². The van der Waals surface area contributed by atoms with Crippen LogP contribution in [0.2, 0.25) is 0 Å². The zero-order valence-electron chi connectivity index (χ0n) is 7.95. The zero-order valence-corrected chi connectivity index (χ0v) is 8.77. The Morgan fingerprint density at radius 3 is 3.14 bits per heavy atom. The van der Waals surface area contributed by atoms with E-state index in [0.29, 0.717) is 17.6 Å². The van der Waals surface area contributed by atoms with Crippen LogP contribution in [0, 0.1) is 6.92 Å². The van der Waals surface area contributed by atoms with E-state index < -0.39 is 0 Å². The van der Waals surface area contributed by atoms with Gasteiger partial charge in [0, 0.05) is 18.4 Å². The number of hydrogen-bond donors (Lipinski definition) is 2. The average Bonchev–Trinajstić information content (AvgIpc) is 2.15. The van der Waals surface area contributed by atoms with Crippen LogP contribution >= 0.6 is 12.2 Å². The molecule has 1 heterocycles. The molecule has 0 amide bonds. The van der Waals surface area contributed by atoms with Crippen molar-refractivity contribution < 1.29 is 0 Å². The van der Waals surface area contributed by atoms with Gasteiger partial charge in [0.15, 0.2) is 5.11 Å². The van der Waals surface area contributed by atoms with Crippen molar-refractivity contribution in [2.45, 2.75) is 6.92 Å². The van der Waals surface area contributed by atoms with Gasteiger partial charge in [0.25, 0.3) is 0 Å². The lowest BCUT2D eigenvalue weighted by atomic mass is 10.5. The van der Waals surface area contributed by atoms with E-state index in [2.05, 4.69) is 27.2 Å². The van der Waals surface area contributed by atoms with E-state index in [-0.39, 0.29) is 0 Å². The maximum atomic E-state index is 4.99. The standard InChI is InChI=1S/C9H12N4S/c1-3-5-11-9(14)13-8-10-6-4-7(2)12-8/h3-4,6H,1,5H2,2H3,(H2,10,11,12,13,14). The van der Waals surface area contributed by atoms with Gasteiger partial charge >= 0.3 is 0 Å². The van der Waals surface area contributed by atoms with Crippen molar-refractivity contribution in [2.24, 2.45) is 0 Å². The van der Waals surface area contributed by atoms with Gasteiger partial charge in [-0.2, -0.15) is 0 Å². The third-order valence-corrected chi connectivity index (χ3v) is 1.67. The predicted octanol–water partition coefficient (Wildman–Crippen LogP) is 1.26. The van der Waals surface area contributed by atoms with Crippen LogP contribution in [0.25, 0.3) is 0 Å². The number of anilines is 1. The minimum Gasteiger partial charge on any atom is -0.359 e. The van der Waals surface area contributed by atoms with Crippen molar-refractivity contribution in [2.75, 3.05) is 11.9 Å². The topological polar surface area (TPSA) is 49.8 Å². The first-order chi connectivity index (χ1) is 6.72. The molecule has 0 bridgehead atoms. The number of aromatic nitrogens is 2. The molecule has 74 valence electrons. The van der Waals surface area contributed by atoms with Gasteiger partial charge in [-0.15, -0.1) is 6.58 Å². The number of thiocarbonyl (C=S) groups is 1. The van der Waals surface area contributed by atoms with Gasteiger partial charge in [-0.1, -0.05) is 6.08 Å². The Labute approximate surface area is 88.5 Å². The van der Waals surface area contributed by atoms with Gasteiger partial charge in [0.1, 0.15) is 0 Å². The highest BCUT2D eigenvalue weighted by Crippen LogP contribution is 1.97. The quantitative estimate of drug-likeness (QED) is 0.578. The second-order valence-electron chi connectivity index (χ2n) is 2.65. The van der Waals surface area contributed by atoms with Crippen LogP contribution in [0.1, 0.15) is 5.69 Å². The van der Waals surface area contributed by atoms with E-state index >= 15 is 0 Å². The molecule has 0 spiro atoms. The summed E-state index contributed by atoms with van der Waals surface area (Å²) in [4.78, 5) is 8.16. The molecule has 0 radical (unpaired) electrons. The van der Waals surface area contributed by atoms with Gasteiger partial charge in [-0.25, -0.2) is 9.97 Å². The molecule has 0 fully saturated rings. The Balaban J connectivity index is 2.51. The highest BCUT2D eigenvalue weighted by Gasteiger charge is 1.98. The van der Waals surface area contributed by atoms with Gasteiger partial charge in [-0.05, 0) is 25.2 Å². The summed E-state index contributed by atoms with van der Waals surface area (Å²) >= 11 is 4.99. The Morgan fingerprint density at radius 1 is 1.71 bits per heavy atom. The lowest BCUT2D eigenvalue weighted by Gasteiger charge is -2.06. The van der Waals surface area contributed by atoms with Gasteiger partial charge in [0.05, 0.1) is 0 Å². The Bertz CT molecular complexity index is 337. The summed E-state index contributed by atoms with van der Waals surface area (Å²) in [5.74, 6) is 0.506. The Hall–Kier alpha value is -1.49. The summed E-state index contributed by atoms with van der Waals surface area (Å²) in [5.41, 5.74) is 0.897. The highest BCUT2D eigenvalue weighted by molar-refractivity contribution is 7.80. The summed E-state index contributed by atoms with van der Waals surface area (Å²) < 4.78 is 0. The normalized spacial score (nSPS) is 9.21. The number of rotatable bonds is 3. The summed E-state index contributed by atoms with van der Waals surface area (Å²) in [6, 6.07) is 1.82. The fourth-order valence-electron chi connectivity index (χ4n) is 0.820. The summed E-state index contributed by atoms with van der Waals surface area (Å²) in [5, 5.41) is 6.29. The molecule has 0 aromatic carbocycles. The molecule has 0 unspecified atom stereocenters. The van der Waals surface area contributed by atoms with Crippen LogP contribution in [0.3, 0.4) is 0 Å². The molecule has 0 saturated heterocycles. The monoisotopic (exact) mass is 208 g/mol. The van der Waals surface area contributed by atoms with Crippen LogP contribution < -0.4 is 10.6 Å². The zero-order chi connectivity index (χ0) is 10.4. The molecule has 5 heteroatoms. The van der Waals surface area contributed by atoms with E-state index in [0.717, 1.165) is 5.69 Å². The maximum absolute atomic E-state index is 4.99. The fourth-order valence-corrected chi connectivity index (χ4v) is 0.994. The maximum Gasteiger partial charge on any atom is 0.229 e. The molecule has 1 rings (SSSR count). The van der Waals surface area contributed by atoms with Gasteiger partial charge < -0.3 is 10.6 Å². The Morgan fingerprint density at radius 2 is 2.50 bits per heavy atom. The third kappa shape index (κ3) is 3.49.